The van der Waals surface area contributed by atoms with Gasteiger partial charge < -0.3 is 0 Å². The molecule has 0 aliphatic rings. The van der Waals surface area contributed by atoms with E-state index in [2.05, 4.69) is 15.9 Å². The van der Waals surface area contributed by atoms with Gasteiger partial charge in [0.1, 0.15) is 6.54 Å². The fraction of sp³-hybridized carbons (Fsp3) is 0.133. The van der Waals surface area contributed by atoms with Gasteiger partial charge in [0.25, 0.3) is 10.0 Å². The van der Waals surface area contributed by atoms with Crippen LogP contribution in [0.1, 0.15) is 5.56 Å². The SMILES string of the molecule is Cc1ccccc1N(CC(=O)Cl)S(=O)(=O)c1ccc(Br)cc1. The Morgan fingerprint density at radius 1 is 1.14 bits per heavy atom. The van der Waals surface area contributed by atoms with E-state index in [1.54, 1.807) is 43.3 Å². The van der Waals surface area contributed by atoms with Crippen molar-refractivity contribution in [2.24, 2.45) is 0 Å². The summed E-state index contributed by atoms with van der Waals surface area (Å²) >= 11 is 8.70. The van der Waals surface area contributed by atoms with Gasteiger partial charge in [-0.3, -0.25) is 9.10 Å². The smallest absolute Gasteiger partial charge is 0.264 e. The van der Waals surface area contributed by atoms with Gasteiger partial charge in [-0.2, -0.15) is 0 Å². The van der Waals surface area contributed by atoms with Crippen molar-refractivity contribution in [2.45, 2.75) is 11.8 Å². The number of benzene rings is 2. The van der Waals surface area contributed by atoms with Gasteiger partial charge in [0, 0.05) is 4.47 Å². The van der Waals surface area contributed by atoms with Gasteiger partial charge in [0.05, 0.1) is 10.6 Å². The lowest BCUT2D eigenvalue weighted by atomic mass is 10.2. The summed E-state index contributed by atoms with van der Waals surface area (Å²) in [7, 11) is -3.88. The summed E-state index contributed by atoms with van der Waals surface area (Å²) in [6.07, 6.45) is 0. The highest BCUT2D eigenvalue weighted by Crippen LogP contribution is 2.27. The molecule has 4 nitrogen and oxygen atoms in total. The molecular formula is C15H13BrClNO3S. The molecule has 0 atom stereocenters. The molecule has 0 radical (unpaired) electrons. The van der Waals surface area contributed by atoms with Crippen molar-refractivity contribution in [1.29, 1.82) is 0 Å². The second-order valence-corrected chi connectivity index (χ2v) is 7.81. The average molecular weight is 403 g/mol. The average Bonchev–Trinajstić information content (AvgIpc) is 2.46. The van der Waals surface area contributed by atoms with Gasteiger partial charge in [-0.15, -0.1) is 0 Å². The molecule has 0 N–H and O–H groups in total. The summed E-state index contributed by atoms with van der Waals surface area (Å²) < 4.78 is 27.5. The summed E-state index contributed by atoms with van der Waals surface area (Å²) in [6.45, 7) is 1.35. The van der Waals surface area contributed by atoms with Crippen LogP contribution in [0.25, 0.3) is 0 Å². The summed E-state index contributed by atoms with van der Waals surface area (Å²) in [5.74, 6) is 0. The molecule has 0 aliphatic carbocycles. The summed E-state index contributed by atoms with van der Waals surface area (Å²) in [6, 6.07) is 13.1. The third-order valence-electron chi connectivity index (χ3n) is 3.05. The number of aryl methyl sites for hydroxylation is 1. The summed E-state index contributed by atoms with van der Waals surface area (Å²) in [5.41, 5.74) is 1.17. The van der Waals surface area contributed by atoms with Gasteiger partial charge >= 0.3 is 0 Å². The highest BCUT2D eigenvalue weighted by atomic mass is 79.9. The fourth-order valence-corrected chi connectivity index (χ4v) is 3.93. The van der Waals surface area contributed by atoms with Crippen molar-refractivity contribution >= 4 is 48.5 Å². The van der Waals surface area contributed by atoms with Crippen molar-refractivity contribution < 1.29 is 13.2 Å². The zero-order chi connectivity index (χ0) is 16.3. The molecule has 0 saturated heterocycles. The molecular weight excluding hydrogens is 390 g/mol. The van der Waals surface area contributed by atoms with Crippen LogP contribution in [0, 0.1) is 6.92 Å². The van der Waals surface area contributed by atoms with Crippen LogP contribution in [0.2, 0.25) is 0 Å². The third-order valence-corrected chi connectivity index (χ3v) is 5.48. The molecule has 0 fully saturated rings. The minimum atomic E-state index is -3.88. The van der Waals surface area contributed by atoms with Crippen LogP contribution in [0.5, 0.6) is 0 Å². The van der Waals surface area contributed by atoms with Crippen LogP contribution >= 0.6 is 27.5 Å². The Hall–Kier alpha value is -1.37. The van der Waals surface area contributed by atoms with Crippen LogP contribution in [0.15, 0.2) is 57.9 Å². The summed E-state index contributed by atoms with van der Waals surface area (Å²) in [4.78, 5) is 11.4. The third kappa shape index (κ3) is 3.69. The maximum absolute atomic E-state index is 12.8. The Balaban J connectivity index is 2.56. The molecule has 0 saturated carbocycles. The van der Waals surface area contributed by atoms with E-state index in [4.69, 9.17) is 11.6 Å². The molecule has 0 amide bonds. The predicted octanol–water partition coefficient (Wildman–Crippen LogP) is 3.72. The maximum atomic E-state index is 12.8. The lowest BCUT2D eigenvalue weighted by Gasteiger charge is -2.24. The van der Waals surface area contributed by atoms with Crippen molar-refractivity contribution in [3.63, 3.8) is 0 Å². The Kier molecular flexibility index (Phi) is 5.26. The van der Waals surface area contributed by atoms with E-state index in [1.165, 1.54) is 12.1 Å². The molecule has 22 heavy (non-hydrogen) atoms. The van der Waals surface area contributed by atoms with Crippen LogP contribution in [0.4, 0.5) is 5.69 Å². The molecule has 0 aromatic heterocycles. The normalized spacial score (nSPS) is 11.2. The van der Waals surface area contributed by atoms with E-state index in [0.29, 0.717) is 5.69 Å². The zero-order valence-electron chi connectivity index (χ0n) is 11.7. The maximum Gasteiger partial charge on any atom is 0.264 e. The van der Waals surface area contributed by atoms with Crippen LogP contribution in [-0.2, 0) is 14.8 Å². The molecule has 0 unspecified atom stereocenters. The van der Waals surface area contributed by atoms with E-state index >= 15 is 0 Å². The molecule has 116 valence electrons. The lowest BCUT2D eigenvalue weighted by molar-refractivity contribution is -0.110. The number of sulfonamides is 1. The Morgan fingerprint density at radius 3 is 2.27 bits per heavy atom. The van der Waals surface area contributed by atoms with E-state index < -0.39 is 21.8 Å². The number of hydrogen-bond donors (Lipinski definition) is 0. The minimum Gasteiger partial charge on any atom is -0.279 e. The van der Waals surface area contributed by atoms with Gasteiger partial charge in [0.2, 0.25) is 5.24 Å². The molecule has 2 aromatic carbocycles. The number of carbonyl (C=O) groups is 1. The quantitative estimate of drug-likeness (QED) is 0.716. The van der Waals surface area contributed by atoms with Crippen molar-refractivity contribution in [1.82, 2.24) is 0 Å². The molecule has 0 bridgehead atoms. The van der Waals surface area contributed by atoms with Gasteiger partial charge in [-0.05, 0) is 54.4 Å². The topological polar surface area (TPSA) is 54.5 Å². The Morgan fingerprint density at radius 2 is 1.73 bits per heavy atom. The molecule has 0 aliphatic heterocycles. The second kappa shape index (κ2) is 6.81. The van der Waals surface area contributed by atoms with E-state index in [1.807, 2.05) is 0 Å². The molecule has 7 heteroatoms. The molecule has 0 spiro atoms. The van der Waals surface area contributed by atoms with Crippen LogP contribution in [-0.4, -0.2) is 20.2 Å². The Bertz CT molecular complexity index is 791. The minimum absolute atomic E-state index is 0.0943. The fourth-order valence-electron chi connectivity index (χ4n) is 1.99. The monoisotopic (exact) mass is 401 g/mol. The number of hydrogen-bond acceptors (Lipinski definition) is 3. The number of rotatable bonds is 5. The molecule has 0 heterocycles. The van der Waals surface area contributed by atoms with Gasteiger partial charge in [-0.1, -0.05) is 34.1 Å². The first kappa shape index (κ1) is 17.0. The lowest BCUT2D eigenvalue weighted by Crippen LogP contribution is -2.35. The largest absolute Gasteiger partial charge is 0.279 e. The standard InChI is InChI=1S/C15H13BrClNO3S/c1-11-4-2-3-5-14(11)18(10-15(17)19)22(20,21)13-8-6-12(16)7-9-13/h2-9H,10H2,1H3. The first-order valence-electron chi connectivity index (χ1n) is 6.34. The van der Waals surface area contributed by atoms with E-state index in [9.17, 15) is 13.2 Å². The Labute approximate surface area is 142 Å². The summed E-state index contributed by atoms with van der Waals surface area (Å²) in [5, 5.41) is -0.746. The van der Waals surface area contributed by atoms with Crippen molar-refractivity contribution in [3.05, 3.63) is 58.6 Å². The first-order valence-corrected chi connectivity index (χ1v) is 8.96. The van der Waals surface area contributed by atoms with Crippen LogP contribution in [0.3, 0.4) is 0 Å². The number of para-hydroxylation sites is 1. The van der Waals surface area contributed by atoms with Crippen molar-refractivity contribution in [3.8, 4) is 0 Å². The zero-order valence-corrected chi connectivity index (χ0v) is 14.8. The first-order chi connectivity index (χ1) is 10.3. The number of carbonyl (C=O) groups excluding carboxylic acids is 1. The number of halogens is 2. The highest BCUT2D eigenvalue weighted by molar-refractivity contribution is 9.10. The highest BCUT2D eigenvalue weighted by Gasteiger charge is 2.27. The molecule has 2 aromatic rings. The van der Waals surface area contributed by atoms with Gasteiger partial charge in [-0.25, -0.2) is 8.42 Å². The van der Waals surface area contributed by atoms with E-state index in [-0.39, 0.29) is 4.90 Å². The van der Waals surface area contributed by atoms with E-state index in [0.717, 1.165) is 14.3 Å². The molecule has 2 rings (SSSR count). The van der Waals surface area contributed by atoms with Gasteiger partial charge in [0.15, 0.2) is 0 Å². The van der Waals surface area contributed by atoms with Crippen molar-refractivity contribution in [2.75, 3.05) is 10.8 Å². The second-order valence-electron chi connectivity index (χ2n) is 4.61. The predicted molar refractivity (Wildman–Crippen MR) is 90.7 cm³/mol. The number of anilines is 1. The number of nitrogens with zero attached hydrogens (tertiary/aromatic N) is 1. The van der Waals surface area contributed by atoms with Crippen LogP contribution < -0.4 is 4.31 Å².